The van der Waals surface area contributed by atoms with Crippen LogP contribution >= 0.6 is 11.8 Å². The molecule has 0 amide bonds. The van der Waals surface area contributed by atoms with E-state index in [4.69, 9.17) is 4.74 Å². The molecule has 5 nitrogen and oxygen atoms in total. The third-order valence-electron chi connectivity index (χ3n) is 3.03. The summed E-state index contributed by atoms with van der Waals surface area (Å²) in [5, 5.41) is 4.06. The molecular formula is C12H20N4OS. The Balaban J connectivity index is 2.18. The third kappa shape index (κ3) is 3.05. The van der Waals surface area contributed by atoms with E-state index in [9.17, 15) is 0 Å². The molecular weight excluding hydrogens is 248 g/mol. The van der Waals surface area contributed by atoms with Gasteiger partial charge in [-0.1, -0.05) is 11.8 Å². The van der Waals surface area contributed by atoms with Crippen LogP contribution in [0.15, 0.2) is 11.2 Å². The van der Waals surface area contributed by atoms with Gasteiger partial charge in [0.25, 0.3) is 0 Å². The maximum atomic E-state index is 5.39. The Kier molecular flexibility index (Phi) is 4.66. The van der Waals surface area contributed by atoms with Crippen molar-refractivity contribution in [2.45, 2.75) is 24.6 Å². The van der Waals surface area contributed by atoms with E-state index in [2.05, 4.69) is 27.1 Å². The van der Waals surface area contributed by atoms with Gasteiger partial charge in [-0.05, 0) is 19.6 Å². The molecule has 0 saturated carbocycles. The Morgan fingerprint density at radius 2 is 2.39 bits per heavy atom. The summed E-state index contributed by atoms with van der Waals surface area (Å²) in [6.45, 7) is 4.84. The molecule has 1 aromatic rings. The molecule has 1 fully saturated rings. The molecule has 1 saturated heterocycles. The highest BCUT2D eigenvalue weighted by Crippen LogP contribution is 2.24. The van der Waals surface area contributed by atoms with Crippen molar-refractivity contribution in [1.82, 2.24) is 9.97 Å². The molecule has 1 aromatic heterocycles. The van der Waals surface area contributed by atoms with E-state index in [1.807, 2.05) is 12.3 Å². The quantitative estimate of drug-likeness (QED) is 0.650. The van der Waals surface area contributed by atoms with Crippen molar-refractivity contribution in [3.8, 4) is 0 Å². The fraction of sp³-hybridized carbons (Fsp3) is 0.667. The van der Waals surface area contributed by atoms with Crippen LogP contribution in [0.25, 0.3) is 0 Å². The monoisotopic (exact) mass is 268 g/mol. The highest BCUT2D eigenvalue weighted by atomic mass is 32.2. The van der Waals surface area contributed by atoms with Crippen LogP contribution < -0.4 is 10.2 Å². The number of rotatable bonds is 5. The van der Waals surface area contributed by atoms with Crippen LogP contribution in [0.4, 0.5) is 11.6 Å². The summed E-state index contributed by atoms with van der Waals surface area (Å²) in [6.07, 6.45) is 3.38. The highest BCUT2D eigenvalue weighted by molar-refractivity contribution is 7.98. The lowest BCUT2D eigenvalue weighted by Gasteiger charge is -2.18. The summed E-state index contributed by atoms with van der Waals surface area (Å²) < 4.78 is 5.39. The minimum atomic E-state index is 0.320. The van der Waals surface area contributed by atoms with E-state index >= 15 is 0 Å². The zero-order chi connectivity index (χ0) is 13.0. The van der Waals surface area contributed by atoms with Crippen LogP contribution in [-0.2, 0) is 4.74 Å². The van der Waals surface area contributed by atoms with E-state index < -0.39 is 0 Å². The van der Waals surface area contributed by atoms with Gasteiger partial charge in [-0.25, -0.2) is 9.97 Å². The lowest BCUT2D eigenvalue weighted by atomic mass is 10.3. The minimum Gasteiger partial charge on any atom is -0.380 e. The molecule has 2 heterocycles. The molecule has 1 atom stereocenters. The van der Waals surface area contributed by atoms with E-state index in [1.54, 1.807) is 18.9 Å². The number of methoxy groups -OCH3 is 1. The fourth-order valence-electron chi connectivity index (χ4n) is 2.07. The van der Waals surface area contributed by atoms with E-state index in [-0.39, 0.29) is 0 Å². The van der Waals surface area contributed by atoms with Crippen LogP contribution in [0, 0.1) is 0 Å². The van der Waals surface area contributed by atoms with Crippen molar-refractivity contribution in [2.24, 2.45) is 0 Å². The molecule has 0 spiro atoms. The molecule has 6 heteroatoms. The SMILES string of the molecule is CCNc1cc(N2CCC(OC)C2)nc(SC)n1. The van der Waals surface area contributed by atoms with Gasteiger partial charge in [-0.3, -0.25) is 0 Å². The molecule has 0 radical (unpaired) electrons. The first-order chi connectivity index (χ1) is 8.76. The van der Waals surface area contributed by atoms with Gasteiger partial charge < -0.3 is 15.0 Å². The molecule has 100 valence electrons. The van der Waals surface area contributed by atoms with Gasteiger partial charge in [0.2, 0.25) is 0 Å². The number of nitrogens with one attached hydrogen (secondary N) is 1. The normalized spacial score (nSPS) is 19.3. The van der Waals surface area contributed by atoms with E-state index in [0.717, 1.165) is 42.8 Å². The van der Waals surface area contributed by atoms with Gasteiger partial charge in [-0.15, -0.1) is 0 Å². The first-order valence-electron chi connectivity index (χ1n) is 6.21. The maximum Gasteiger partial charge on any atom is 0.191 e. The highest BCUT2D eigenvalue weighted by Gasteiger charge is 2.23. The second-order valence-electron chi connectivity index (χ2n) is 4.22. The Morgan fingerprint density at radius 3 is 3.00 bits per heavy atom. The van der Waals surface area contributed by atoms with Crippen LogP contribution in [0.5, 0.6) is 0 Å². The van der Waals surface area contributed by atoms with Crippen molar-refractivity contribution >= 4 is 23.4 Å². The van der Waals surface area contributed by atoms with Gasteiger partial charge in [-0.2, -0.15) is 0 Å². The molecule has 1 aliphatic heterocycles. The minimum absolute atomic E-state index is 0.320. The zero-order valence-corrected chi connectivity index (χ0v) is 12.0. The Labute approximate surface area is 112 Å². The van der Waals surface area contributed by atoms with E-state index in [1.165, 1.54) is 0 Å². The Hall–Kier alpha value is -1.01. The summed E-state index contributed by atoms with van der Waals surface area (Å²) >= 11 is 1.57. The molecule has 1 aliphatic rings. The first-order valence-corrected chi connectivity index (χ1v) is 7.44. The van der Waals surface area contributed by atoms with Crippen LogP contribution in [0.2, 0.25) is 0 Å². The third-order valence-corrected chi connectivity index (χ3v) is 3.58. The number of hydrogen-bond acceptors (Lipinski definition) is 6. The average molecular weight is 268 g/mol. The molecule has 0 aliphatic carbocycles. The molecule has 1 unspecified atom stereocenters. The summed E-state index contributed by atoms with van der Waals surface area (Å²) in [5.41, 5.74) is 0. The second-order valence-corrected chi connectivity index (χ2v) is 4.99. The topological polar surface area (TPSA) is 50.3 Å². The van der Waals surface area contributed by atoms with E-state index in [0.29, 0.717) is 6.10 Å². The summed E-state index contributed by atoms with van der Waals surface area (Å²) in [5.74, 6) is 1.89. The number of hydrogen-bond donors (Lipinski definition) is 1. The number of anilines is 2. The first kappa shape index (κ1) is 13.4. The average Bonchev–Trinajstić information content (AvgIpc) is 2.87. The lowest BCUT2D eigenvalue weighted by Crippen LogP contribution is -2.23. The summed E-state index contributed by atoms with van der Waals surface area (Å²) in [6, 6.07) is 2.02. The van der Waals surface area contributed by atoms with Crippen molar-refractivity contribution in [3.63, 3.8) is 0 Å². The molecule has 2 rings (SSSR count). The van der Waals surface area contributed by atoms with Crippen LogP contribution in [0.1, 0.15) is 13.3 Å². The largest absolute Gasteiger partial charge is 0.380 e. The number of aromatic nitrogens is 2. The summed E-state index contributed by atoms with van der Waals surface area (Å²) in [7, 11) is 1.77. The van der Waals surface area contributed by atoms with Crippen molar-refractivity contribution in [2.75, 3.05) is 43.2 Å². The molecule has 0 aromatic carbocycles. The molecule has 0 bridgehead atoms. The number of thioether (sulfide) groups is 1. The zero-order valence-electron chi connectivity index (χ0n) is 11.1. The molecule has 1 N–H and O–H groups in total. The number of nitrogens with zero attached hydrogens (tertiary/aromatic N) is 3. The Bertz CT molecular complexity index is 402. The van der Waals surface area contributed by atoms with Crippen molar-refractivity contribution in [3.05, 3.63) is 6.07 Å². The standard InChI is InChI=1S/C12H20N4OS/c1-4-13-10-7-11(15-12(14-10)18-3)16-6-5-9(8-16)17-2/h7,9H,4-6,8H2,1-3H3,(H,13,14,15). The molecule has 18 heavy (non-hydrogen) atoms. The van der Waals surface area contributed by atoms with Crippen LogP contribution in [0.3, 0.4) is 0 Å². The van der Waals surface area contributed by atoms with Crippen molar-refractivity contribution < 1.29 is 4.74 Å². The van der Waals surface area contributed by atoms with Gasteiger partial charge in [0.1, 0.15) is 11.6 Å². The predicted octanol–water partition coefficient (Wildman–Crippen LogP) is 1.86. The van der Waals surface area contributed by atoms with Gasteiger partial charge in [0.15, 0.2) is 5.16 Å². The maximum absolute atomic E-state index is 5.39. The van der Waals surface area contributed by atoms with Gasteiger partial charge in [0.05, 0.1) is 6.10 Å². The predicted molar refractivity (Wildman–Crippen MR) is 75.6 cm³/mol. The second kappa shape index (κ2) is 6.24. The van der Waals surface area contributed by atoms with Gasteiger partial charge >= 0.3 is 0 Å². The van der Waals surface area contributed by atoms with Gasteiger partial charge in [0, 0.05) is 32.8 Å². The number of ether oxygens (including phenoxy) is 1. The van der Waals surface area contributed by atoms with Crippen molar-refractivity contribution in [1.29, 1.82) is 0 Å². The Morgan fingerprint density at radius 1 is 1.56 bits per heavy atom. The fourth-order valence-corrected chi connectivity index (χ4v) is 2.44. The van der Waals surface area contributed by atoms with Crippen LogP contribution in [-0.4, -0.2) is 49.1 Å². The smallest absolute Gasteiger partial charge is 0.191 e. The lowest BCUT2D eigenvalue weighted by molar-refractivity contribution is 0.121. The summed E-state index contributed by atoms with van der Waals surface area (Å²) in [4.78, 5) is 11.3.